The fraction of sp³-hybridized carbons (Fsp3) is 0.100. The molecule has 1 heterocycles. The number of rotatable bonds is 4. The number of nitriles is 1. The standard InChI is InChI=1S/C20H15BrFN3O/c1-2-26-19-7-6-13(21)9-16(19)15-10-18(25-20(24)17(15)11-23)12-4-3-5-14(22)8-12/h3-10H,2H2,1H3,(H2,24,25). The van der Waals surface area contributed by atoms with E-state index < -0.39 is 0 Å². The molecule has 2 aromatic carbocycles. The molecule has 0 aliphatic rings. The number of anilines is 1. The van der Waals surface area contributed by atoms with Gasteiger partial charge in [0.15, 0.2) is 0 Å². The van der Waals surface area contributed by atoms with Crippen LogP contribution < -0.4 is 10.5 Å². The van der Waals surface area contributed by atoms with E-state index in [1.807, 2.05) is 25.1 Å². The molecule has 0 saturated heterocycles. The van der Waals surface area contributed by atoms with Crippen molar-refractivity contribution >= 4 is 21.7 Å². The van der Waals surface area contributed by atoms with E-state index in [1.54, 1.807) is 18.2 Å². The van der Waals surface area contributed by atoms with Crippen molar-refractivity contribution < 1.29 is 9.13 Å². The molecule has 6 heteroatoms. The summed E-state index contributed by atoms with van der Waals surface area (Å²) in [5.74, 6) is 0.348. The molecule has 0 bridgehead atoms. The average Bonchev–Trinajstić information content (AvgIpc) is 2.62. The van der Waals surface area contributed by atoms with Gasteiger partial charge in [-0.1, -0.05) is 28.1 Å². The maximum atomic E-state index is 13.6. The van der Waals surface area contributed by atoms with Gasteiger partial charge in [-0.25, -0.2) is 9.37 Å². The quantitative estimate of drug-likeness (QED) is 0.642. The highest BCUT2D eigenvalue weighted by molar-refractivity contribution is 9.10. The Morgan fingerprint density at radius 3 is 2.69 bits per heavy atom. The van der Waals surface area contributed by atoms with Crippen LogP contribution in [0.5, 0.6) is 5.75 Å². The molecule has 0 aliphatic heterocycles. The zero-order chi connectivity index (χ0) is 18.7. The minimum atomic E-state index is -0.369. The van der Waals surface area contributed by atoms with Crippen molar-refractivity contribution in [2.75, 3.05) is 12.3 Å². The van der Waals surface area contributed by atoms with Crippen molar-refractivity contribution in [3.8, 4) is 34.2 Å². The average molecular weight is 412 g/mol. The van der Waals surface area contributed by atoms with Crippen LogP contribution >= 0.6 is 15.9 Å². The summed E-state index contributed by atoms with van der Waals surface area (Å²) in [5.41, 5.74) is 8.64. The van der Waals surface area contributed by atoms with E-state index in [-0.39, 0.29) is 17.2 Å². The molecule has 0 atom stereocenters. The number of nitrogens with two attached hydrogens (primary N) is 1. The minimum absolute atomic E-state index is 0.0895. The largest absolute Gasteiger partial charge is 0.493 e. The van der Waals surface area contributed by atoms with Gasteiger partial charge in [-0.3, -0.25) is 0 Å². The topological polar surface area (TPSA) is 71.9 Å². The maximum absolute atomic E-state index is 13.6. The molecule has 3 aromatic rings. The number of nitrogen functional groups attached to an aromatic ring is 1. The zero-order valence-corrected chi connectivity index (χ0v) is 15.5. The number of benzene rings is 2. The van der Waals surface area contributed by atoms with Crippen LogP contribution in [-0.4, -0.2) is 11.6 Å². The molecule has 0 amide bonds. The Morgan fingerprint density at radius 1 is 1.19 bits per heavy atom. The summed E-state index contributed by atoms with van der Waals surface area (Å²) in [6.45, 7) is 2.37. The number of hydrogen-bond acceptors (Lipinski definition) is 4. The number of ether oxygens (including phenoxy) is 1. The fourth-order valence-electron chi connectivity index (χ4n) is 2.68. The second kappa shape index (κ2) is 7.54. The highest BCUT2D eigenvalue weighted by Crippen LogP contribution is 2.38. The third-order valence-electron chi connectivity index (χ3n) is 3.81. The third-order valence-corrected chi connectivity index (χ3v) is 4.30. The van der Waals surface area contributed by atoms with E-state index in [9.17, 15) is 9.65 Å². The van der Waals surface area contributed by atoms with E-state index >= 15 is 0 Å². The van der Waals surface area contributed by atoms with Gasteiger partial charge >= 0.3 is 0 Å². The summed E-state index contributed by atoms with van der Waals surface area (Å²) in [6, 6.07) is 15.5. The summed E-state index contributed by atoms with van der Waals surface area (Å²) >= 11 is 3.45. The normalized spacial score (nSPS) is 10.4. The highest BCUT2D eigenvalue weighted by atomic mass is 79.9. The minimum Gasteiger partial charge on any atom is -0.493 e. The Bertz CT molecular complexity index is 1010. The molecule has 1 aromatic heterocycles. The first kappa shape index (κ1) is 17.9. The Labute approximate surface area is 159 Å². The first-order chi connectivity index (χ1) is 12.5. The van der Waals surface area contributed by atoms with Crippen LogP contribution in [0.15, 0.2) is 53.0 Å². The lowest BCUT2D eigenvalue weighted by Gasteiger charge is -2.14. The number of pyridine rings is 1. The smallest absolute Gasteiger partial charge is 0.142 e. The number of halogens is 2. The van der Waals surface area contributed by atoms with Gasteiger partial charge < -0.3 is 10.5 Å². The number of nitrogens with zero attached hydrogens (tertiary/aromatic N) is 2. The van der Waals surface area contributed by atoms with Crippen molar-refractivity contribution in [1.82, 2.24) is 4.98 Å². The molecule has 0 saturated carbocycles. The van der Waals surface area contributed by atoms with Gasteiger partial charge in [0.2, 0.25) is 0 Å². The van der Waals surface area contributed by atoms with Gasteiger partial charge in [0.1, 0.15) is 29.0 Å². The Kier molecular flexibility index (Phi) is 5.19. The van der Waals surface area contributed by atoms with Gasteiger partial charge in [-0.05, 0) is 43.3 Å². The molecule has 130 valence electrons. The third kappa shape index (κ3) is 3.53. The summed E-state index contributed by atoms with van der Waals surface area (Å²) in [7, 11) is 0. The summed E-state index contributed by atoms with van der Waals surface area (Å²) in [4.78, 5) is 4.28. The molecule has 0 fully saturated rings. The van der Waals surface area contributed by atoms with Crippen LogP contribution in [0.4, 0.5) is 10.2 Å². The van der Waals surface area contributed by atoms with E-state index in [4.69, 9.17) is 10.5 Å². The predicted octanol–water partition coefficient (Wildman–Crippen LogP) is 5.17. The van der Waals surface area contributed by atoms with Gasteiger partial charge in [-0.2, -0.15) is 5.26 Å². The molecule has 0 spiro atoms. The molecule has 26 heavy (non-hydrogen) atoms. The van der Waals surface area contributed by atoms with Crippen LogP contribution in [0.2, 0.25) is 0 Å². The Hall–Kier alpha value is -2.91. The number of hydrogen-bond donors (Lipinski definition) is 1. The predicted molar refractivity (Wildman–Crippen MR) is 103 cm³/mol. The Balaban J connectivity index is 2.28. The summed E-state index contributed by atoms with van der Waals surface area (Å²) < 4.78 is 20.1. The molecule has 2 N–H and O–H groups in total. The first-order valence-corrected chi connectivity index (χ1v) is 8.72. The fourth-order valence-corrected chi connectivity index (χ4v) is 3.05. The van der Waals surface area contributed by atoms with Gasteiger partial charge in [0.05, 0.1) is 12.3 Å². The zero-order valence-electron chi connectivity index (χ0n) is 14.0. The van der Waals surface area contributed by atoms with Crippen LogP contribution in [-0.2, 0) is 0 Å². The maximum Gasteiger partial charge on any atom is 0.142 e. The molecule has 0 unspecified atom stereocenters. The molecule has 4 nitrogen and oxygen atoms in total. The number of aromatic nitrogens is 1. The van der Waals surface area contributed by atoms with E-state index in [0.717, 1.165) is 4.47 Å². The molecular weight excluding hydrogens is 397 g/mol. The lowest BCUT2D eigenvalue weighted by Crippen LogP contribution is -2.01. The van der Waals surface area contributed by atoms with Crippen molar-refractivity contribution in [2.45, 2.75) is 6.92 Å². The van der Waals surface area contributed by atoms with Crippen molar-refractivity contribution in [1.29, 1.82) is 5.26 Å². The van der Waals surface area contributed by atoms with E-state index in [2.05, 4.69) is 27.0 Å². The first-order valence-electron chi connectivity index (χ1n) is 7.92. The van der Waals surface area contributed by atoms with Crippen LogP contribution in [0.25, 0.3) is 22.4 Å². The summed E-state index contributed by atoms with van der Waals surface area (Å²) in [5, 5.41) is 9.57. The Morgan fingerprint density at radius 2 is 2.00 bits per heavy atom. The van der Waals surface area contributed by atoms with Crippen LogP contribution in [0.1, 0.15) is 12.5 Å². The molecule has 0 radical (unpaired) electrons. The highest BCUT2D eigenvalue weighted by Gasteiger charge is 2.17. The van der Waals surface area contributed by atoms with Crippen molar-refractivity contribution in [3.05, 3.63) is 64.4 Å². The SMILES string of the molecule is CCOc1ccc(Br)cc1-c1cc(-c2cccc(F)c2)nc(N)c1C#N. The molecule has 3 rings (SSSR count). The summed E-state index contributed by atoms with van der Waals surface area (Å²) in [6.07, 6.45) is 0. The van der Waals surface area contributed by atoms with Crippen molar-refractivity contribution in [2.24, 2.45) is 0 Å². The van der Waals surface area contributed by atoms with E-state index in [1.165, 1.54) is 12.1 Å². The van der Waals surface area contributed by atoms with Crippen LogP contribution in [0, 0.1) is 17.1 Å². The monoisotopic (exact) mass is 411 g/mol. The lowest BCUT2D eigenvalue weighted by atomic mass is 9.97. The molecule has 0 aliphatic carbocycles. The van der Waals surface area contributed by atoms with E-state index in [0.29, 0.717) is 34.7 Å². The molecular formula is C20H15BrFN3O. The van der Waals surface area contributed by atoms with Gasteiger partial charge in [-0.15, -0.1) is 0 Å². The van der Waals surface area contributed by atoms with Gasteiger partial charge in [0, 0.05) is 21.2 Å². The lowest BCUT2D eigenvalue weighted by molar-refractivity contribution is 0.341. The van der Waals surface area contributed by atoms with Gasteiger partial charge in [0.25, 0.3) is 0 Å². The second-order valence-corrected chi connectivity index (χ2v) is 6.43. The van der Waals surface area contributed by atoms with Crippen LogP contribution in [0.3, 0.4) is 0 Å². The van der Waals surface area contributed by atoms with Crippen molar-refractivity contribution in [3.63, 3.8) is 0 Å². The second-order valence-electron chi connectivity index (χ2n) is 5.51.